The molecular weight excluding hydrogens is 318 g/mol. The van der Waals surface area contributed by atoms with Gasteiger partial charge in [0, 0.05) is 18.3 Å². The van der Waals surface area contributed by atoms with Crippen molar-refractivity contribution >= 4 is 5.91 Å². The molecule has 0 aliphatic carbocycles. The monoisotopic (exact) mass is 337 g/mol. The average Bonchev–Trinajstić information content (AvgIpc) is 3.13. The third-order valence-electron chi connectivity index (χ3n) is 3.71. The van der Waals surface area contributed by atoms with Crippen LogP contribution >= 0.6 is 0 Å². The molecule has 0 fully saturated rings. The molecule has 0 saturated heterocycles. The summed E-state index contributed by atoms with van der Waals surface area (Å²) in [5.41, 5.74) is 2.28. The molecule has 0 radical (unpaired) electrons. The van der Waals surface area contributed by atoms with E-state index in [1.807, 2.05) is 49.4 Å². The summed E-state index contributed by atoms with van der Waals surface area (Å²) in [7, 11) is 1.63. The van der Waals surface area contributed by atoms with E-state index in [1.54, 1.807) is 19.4 Å². The number of hydrogen-bond donors (Lipinski definition) is 1. The maximum atomic E-state index is 12.3. The van der Waals surface area contributed by atoms with Gasteiger partial charge in [0.1, 0.15) is 11.4 Å². The van der Waals surface area contributed by atoms with E-state index >= 15 is 0 Å². The van der Waals surface area contributed by atoms with Crippen LogP contribution in [-0.2, 0) is 6.42 Å². The Balaban J connectivity index is 1.63. The van der Waals surface area contributed by atoms with Crippen LogP contribution in [0, 0.1) is 0 Å². The maximum Gasteiger partial charge on any atom is 0.290 e. The van der Waals surface area contributed by atoms with Crippen molar-refractivity contribution in [1.82, 2.24) is 15.5 Å². The van der Waals surface area contributed by atoms with Crippen LogP contribution in [0.25, 0.3) is 11.4 Å². The van der Waals surface area contributed by atoms with Crippen LogP contribution in [-0.4, -0.2) is 29.2 Å². The zero-order chi connectivity index (χ0) is 17.6. The van der Waals surface area contributed by atoms with Crippen LogP contribution in [0.3, 0.4) is 0 Å². The van der Waals surface area contributed by atoms with Crippen LogP contribution in [0.5, 0.6) is 5.75 Å². The Hall–Kier alpha value is -3.15. The number of rotatable bonds is 6. The van der Waals surface area contributed by atoms with Crippen molar-refractivity contribution in [3.63, 3.8) is 0 Å². The van der Waals surface area contributed by atoms with Crippen molar-refractivity contribution in [1.29, 1.82) is 0 Å². The first-order valence-electron chi connectivity index (χ1n) is 7.97. The molecule has 6 nitrogen and oxygen atoms in total. The fourth-order valence-electron chi connectivity index (χ4n) is 2.52. The zero-order valence-corrected chi connectivity index (χ0v) is 14.1. The number of methoxy groups -OCH3 is 1. The summed E-state index contributed by atoms with van der Waals surface area (Å²) in [5.74, 6) is 0.662. The van der Waals surface area contributed by atoms with Gasteiger partial charge in [0.15, 0.2) is 0 Å². The lowest BCUT2D eigenvalue weighted by atomic mass is 10.1. The maximum absolute atomic E-state index is 12.3. The molecule has 0 spiro atoms. The summed E-state index contributed by atoms with van der Waals surface area (Å²) in [6, 6.07) is 14.8. The van der Waals surface area contributed by atoms with Gasteiger partial charge >= 0.3 is 0 Å². The zero-order valence-electron chi connectivity index (χ0n) is 14.1. The predicted octanol–water partition coefficient (Wildman–Crippen LogP) is 3.11. The van der Waals surface area contributed by atoms with Gasteiger partial charge in [0.05, 0.1) is 12.8 Å². The van der Waals surface area contributed by atoms with Crippen molar-refractivity contribution in [2.45, 2.75) is 19.4 Å². The molecular formula is C19H19N3O3. The quantitative estimate of drug-likeness (QED) is 0.748. The number of pyridine rings is 1. The van der Waals surface area contributed by atoms with Gasteiger partial charge < -0.3 is 14.6 Å². The van der Waals surface area contributed by atoms with E-state index in [1.165, 1.54) is 0 Å². The van der Waals surface area contributed by atoms with Crippen LogP contribution < -0.4 is 10.1 Å². The van der Waals surface area contributed by atoms with Gasteiger partial charge in [0.2, 0.25) is 5.76 Å². The van der Waals surface area contributed by atoms with Crippen LogP contribution in [0.2, 0.25) is 0 Å². The molecule has 128 valence electrons. The van der Waals surface area contributed by atoms with Crippen LogP contribution in [0.4, 0.5) is 0 Å². The number of nitrogens with one attached hydrogen (secondary N) is 1. The lowest BCUT2D eigenvalue weighted by Gasteiger charge is -2.13. The van der Waals surface area contributed by atoms with Crippen molar-refractivity contribution in [2.24, 2.45) is 0 Å². The highest BCUT2D eigenvalue weighted by atomic mass is 16.5. The van der Waals surface area contributed by atoms with Gasteiger partial charge in [-0.25, -0.2) is 0 Å². The minimum absolute atomic E-state index is 0.0667. The number of carbonyl (C=O) groups is 1. The van der Waals surface area contributed by atoms with Crippen molar-refractivity contribution in [2.75, 3.05) is 7.11 Å². The first-order chi connectivity index (χ1) is 12.2. The molecule has 1 atom stereocenters. The van der Waals surface area contributed by atoms with E-state index in [2.05, 4.69) is 15.5 Å². The molecule has 1 N–H and O–H groups in total. The van der Waals surface area contributed by atoms with Gasteiger partial charge in [-0.2, -0.15) is 0 Å². The fraction of sp³-hybridized carbons (Fsp3) is 0.211. The highest BCUT2D eigenvalue weighted by molar-refractivity contribution is 5.92. The van der Waals surface area contributed by atoms with Gasteiger partial charge in [-0.1, -0.05) is 23.4 Å². The second kappa shape index (κ2) is 7.61. The summed E-state index contributed by atoms with van der Waals surface area (Å²) in [6.45, 7) is 1.94. The lowest BCUT2D eigenvalue weighted by Crippen LogP contribution is -2.33. The molecule has 2 aromatic heterocycles. The SMILES string of the molecule is COc1cccc(C[C@@H](C)NC(=O)c2cc(-c3ccccn3)no2)c1. The molecule has 3 rings (SSSR count). The molecule has 25 heavy (non-hydrogen) atoms. The Bertz CT molecular complexity index is 846. The summed E-state index contributed by atoms with van der Waals surface area (Å²) >= 11 is 0. The number of carbonyl (C=O) groups excluding carboxylic acids is 1. The molecule has 0 saturated carbocycles. The number of amides is 1. The Morgan fingerprint density at radius 1 is 1.20 bits per heavy atom. The van der Waals surface area contributed by atoms with Crippen molar-refractivity contribution in [3.8, 4) is 17.1 Å². The Kier molecular flexibility index (Phi) is 5.09. The van der Waals surface area contributed by atoms with Gasteiger partial charge in [-0.05, 0) is 43.2 Å². The van der Waals surface area contributed by atoms with E-state index in [-0.39, 0.29) is 17.7 Å². The number of nitrogens with zero attached hydrogens (tertiary/aromatic N) is 2. The molecule has 3 aromatic rings. The average molecular weight is 337 g/mol. The summed E-state index contributed by atoms with van der Waals surface area (Å²) in [4.78, 5) is 16.5. The molecule has 0 bridgehead atoms. The van der Waals surface area contributed by atoms with E-state index in [0.717, 1.165) is 11.3 Å². The van der Waals surface area contributed by atoms with E-state index in [4.69, 9.17) is 9.26 Å². The van der Waals surface area contributed by atoms with E-state index in [0.29, 0.717) is 17.8 Å². The smallest absolute Gasteiger partial charge is 0.290 e. The highest BCUT2D eigenvalue weighted by Crippen LogP contribution is 2.17. The van der Waals surface area contributed by atoms with Gasteiger partial charge in [-0.3, -0.25) is 9.78 Å². The minimum Gasteiger partial charge on any atom is -0.497 e. The van der Waals surface area contributed by atoms with E-state index in [9.17, 15) is 4.79 Å². The largest absolute Gasteiger partial charge is 0.497 e. The lowest BCUT2D eigenvalue weighted by molar-refractivity contribution is 0.0903. The molecule has 1 aromatic carbocycles. The molecule has 0 unspecified atom stereocenters. The molecule has 2 heterocycles. The number of ether oxygens (including phenoxy) is 1. The van der Waals surface area contributed by atoms with Gasteiger partial charge in [-0.15, -0.1) is 0 Å². The second-order valence-electron chi connectivity index (χ2n) is 5.72. The summed E-state index contributed by atoms with van der Waals surface area (Å²) in [5, 5.41) is 6.82. The molecule has 0 aliphatic rings. The Morgan fingerprint density at radius 3 is 2.84 bits per heavy atom. The van der Waals surface area contributed by atoms with E-state index < -0.39 is 0 Å². The van der Waals surface area contributed by atoms with Crippen LogP contribution in [0.15, 0.2) is 59.3 Å². The second-order valence-corrected chi connectivity index (χ2v) is 5.72. The Labute approximate surface area is 145 Å². The van der Waals surface area contributed by atoms with Crippen molar-refractivity contribution < 1.29 is 14.1 Å². The van der Waals surface area contributed by atoms with Gasteiger partial charge in [0.25, 0.3) is 5.91 Å². The topological polar surface area (TPSA) is 77.2 Å². The molecule has 6 heteroatoms. The van der Waals surface area contributed by atoms with Crippen molar-refractivity contribution in [3.05, 3.63) is 66.1 Å². The number of aromatic nitrogens is 2. The molecule has 0 aliphatic heterocycles. The minimum atomic E-state index is -0.301. The summed E-state index contributed by atoms with van der Waals surface area (Å²) < 4.78 is 10.4. The number of hydrogen-bond acceptors (Lipinski definition) is 5. The standard InChI is InChI=1S/C19H19N3O3/c1-13(10-14-6-5-7-15(11-14)24-2)21-19(23)18-12-17(22-25-18)16-8-3-4-9-20-16/h3-9,11-13H,10H2,1-2H3,(H,21,23)/t13-/m1/s1. The highest BCUT2D eigenvalue weighted by Gasteiger charge is 2.17. The third kappa shape index (κ3) is 4.23. The number of benzene rings is 1. The Morgan fingerprint density at radius 2 is 2.08 bits per heavy atom. The summed E-state index contributed by atoms with van der Waals surface area (Å²) in [6.07, 6.45) is 2.35. The fourth-order valence-corrected chi connectivity index (χ4v) is 2.52. The third-order valence-corrected chi connectivity index (χ3v) is 3.71. The van der Waals surface area contributed by atoms with Crippen LogP contribution in [0.1, 0.15) is 23.0 Å². The first-order valence-corrected chi connectivity index (χ1v) is 7.97. The predicted molar refractivity (Wildman–Crippen MR) is 93.4 cm³/mol. The molecule has 1 amide bonds. The first kappa shape index (κ1) is 16.7. The normalized spacial score (nSPS) is 11.8.